The number of fused-ring (bicyclic) bond motifs is 14. The number of aromatic nitrogens is 4. The maximum atomic E-state index is 16.6. The van der Waals surface area contributed by atoms with Crippen LogP contribution in [0.3, 0.4) is 0 Å². The molecule has 2 heterocycles. The molecule has 2 aromatic heterocycles. The van der Waals surface area contributed by atoms with Gasteiger partial charge in [-0.2, -0.15) is 0 Å². The lowest BCUT2D eigenvalue weighted by molar-refractivity contribution is -0.232. The van der Waals surface area contributed by atoms with Crippen LogP contribution in [0.15, 0.2) is 61.5 Å². The molecule has 0 amide bonds. The summed E-state index contributed by atoms with van der Waals surface area (Å²) < 4.78 is 42.8. The topological polar surface area (TPSA) is 239 Å². The largest absolute Gasteiger partial charge is 0.481 e. The van der Waals surface area contributed by atoms with Crippen molar-refractivity contribution in [1.29, 1.82) is 0 Å². The minimum atomic E-state index is -1.82. The SMILES string of the molecule is CC(C)C1=C2[C@H]3CC[C@@H]4[C@@]5(C)CC[C@H](OC(=O)CC(C)(C)C(=O)O)C(C)(C)[C@@H]5CC[C@@]4(C)[C@]3(C)CC[C@@]2(c2nnc(-c3cc(CC(C)(CC(=O)O[C@H]4CC[C@]5(C)[C@H]6CC[C@@H]7C8=C(C(C)C)C(=O)C[C@]8(c8nnc(-c9c(Cl)cccc9Cl)o8)CC[C@@]7(C)[C@]6(C)CC[C@H]5C4(C)C)C(=O)O)c(F)cc3Cl)o2)CC1=O. The highest BCUT2D eigenvalue weighted by atomic mass is 35.5. The van der Waals surface area contributed by atoms with Gasteiger partial charge in [0.25, 0.3) is 5.89 Å². The maximum absolute atomic E-state index is 16.6. The normalized spacial score (nSPS) is 37.0. The van der Waals surface area contributed by atoms with Gasteiger partial charge in [0.05, 0.1) is 60.7 Å². The molecule has 0 spiro atoms. The number of carbonyl (C=O) groups excluding carboxylic acids is 4. The third kappa shape index (κ3) is 11.1. The van der Waals surface area contributed by atoms with Crippen molar-refractivity contribution >= 4 is 70.2 Å². The van der Waals surface area contributed by atoms with Gasteiger partial charge in [0.15, 0.2) is 11.6 Å². The Morgan fingerprint density at radius 2 is 0.991 bits per heavy atom. The molecule has 8 saturated carbocycles. The summed E-state index contributed by atoms with van der Waals surface area (Å²) in [6.45, 7) is 36.7. The molecule has 106 heavy (non-hydrogen) atoms. The van der Waals surface area contributed by atoms with E-state index in [0.717, 1.165) is 99.8 Å². The molecule has 10 aliphatic carbocycles. The second kappa shape index (κ2) is 25.6. The molecule has 17 atom stereocenters. The number of hydrogen-bond donors (Lipinski definition) is 2. The van der Waals surface area contributed by atoms with E-state index in [-0.39, 0.29) is 145 Å². The summed E-state index contributed by atoms with van der Waals surface area (Å²) in [5.41, 5.74) is -1.73. The number of nitrogens with zero attached hydrogens (tertiary/aromatic N) is 4. The fraction of sp³-hybridized carbons (Fsp3) is 0.698. The van der Waals surface area contributed by atoms with Gasteiger partial charge in [-0.05, 0) is 262 Å². The Bertz CT molecular complexity index is 4400. The molecule has 14 rings (SSSR count). The van der Waals surface area contributed by atoms with E-state index in [9.17, 15) is 39.0 Å². The number of benzene rings is 2. The smallest absolute Gasteiger partial charge is 0.310 e. The van der Waals surface area contributed by atoms with Gasteiger partial charge in [-0.25, -0.2) is 4.39 Å². The van der Waals surface area contributed by atoms with Crippen molar-refractivity contribution in [3.63, 3.8) is 0 Å². The summed E-state index contributed by atoms with van der Waals surface area (Å²) in [7, 11) is 0. The van der Waals surface area contributed by atoms with E-state index in [4.69, 9.17) is 63.3 Å². The molecular formula is C86H110Cl3FN4O12. The predicted octanol–water partition coefficient (Wildman–Crippen LogP) is 20.4. The first kappa shape index (κ1) is 77.0. The van der Waals surface area contributed by atoms with E-state index in [1.807, 2.05) is 0 Å². The Balaban J connectivity index is 0.671. The minimum absolute atomic E-state index is 0.00170. The minimum Gasteiger partial charge on any atom is -0.481 e. The molecule has 2 N–H and O–H groups in total. The first-order valence-corrected chi connectivity index (χ1v) is 40.5. The number of rotatable bonds is 16. The lowest BCUT2D eigenvalue weighted by Gasteiger charge is -2.72. The van der Waals surface area contributed by atoms with Crippen LogP contribution in [0, 0.1) is 107 Å². The Hall–Kier alpha value is -5.78. The van der Waals surface area contributed by atoms with Crippen molar-refractivity contribution in [1.82, 2.24) is 20.4 Å². The van der Waals surface area contributed by atoms with Gasteiger partial charge in [0, 0.05) is 23.7 Å². The Morgan fingerprint density at radius 3 is 1.43 bits per heavy atom. The number of hydrogen-bond acceptors (Lipinski definition) is 14. The lowest BCUT2D eigenvalue weighted by Crippen LogP contribution is -2.66. The maximum Gasteiger partial charge on any atom is 0.310 e. The van der Waals surface area contributed by atoms with Gasteiger partial charge in [0.2, 0.25) is 17.7 Å². The average molecular weight is 1520 g/mol. The number of carboxylic acid groups (broad SMARTS) is 2. The molecule has 2 aromatic carbocycles. The number of allylic oxidation sites excluding steroid dienone is 4. The van der Waals surface area contributed by atoms with Crippen molar-refractivity contribution in [3.05, 3.63) is 90.9 Å². The summed E-state index contributed by atoms with van der Waals surface area (Å²) >= 11 is 20.3. The van der Waals surface area contributed by atoms with E-state index in [2.05, 4.69) is 107 Å². The monoisotopic (exact) mass is 1510 g/mol. The third-order valence-corrected chi connectivity index (χ3v) is 33.2. The molecule has 574 valence electrons. The summed E-state index contributed by atoms with van der Waals surface area (Å²) in [5.74, 6) is -1.90. The Kier molecular flexibility index (Phi) is 18.6. The van der Waals surface area contributed by atoms with Crippen LogP contribution < -0.4 is 0 Å². The summed E-state index contributed by atoms with van der Waals surface area (Å²) in [6, 6.07) is 7.85. The van der Waals surface area contributed by atoms with Crippen LogP contribution in [-0.4, -0.2) is 78.3 Å². The Labute approximate surface area is 639 Å². The van der Waals surface area contributed by atoms with Crippen LogP contribution in [0.4, 0.5) is 4.39 Å². The van der Waals surface area contributed by atoms with E-state index >= 15 is 4.39 Å². The summed E-state index contributed by atoms with van der Waals surface area (Å²) in [4.78, 5) is 83.0. The second-order valence-electron chi connectivity index (χ2n) is 39.2. The van der Waals surface area contributed by atoms with Gasteiger partial charge >= 0.3 is 23.9 Å². The van der Waals surface area contributed by atoms with Crippen LogP contribution in [0.1, 0.15) is 263 Å². The fourth-order valence-corrected chi connectivity index (χ4v) is 27.3. The van der Waals surface area contributed by atoms with Gasteiger partial charge in [-0.1, -0.05) is 138 Å². The number of Topliss-reactive ketones (excluding diaryl/α,β-unsaturated/α-hetero) is 2. The third-order valence-electron chi connectivity index (χ3n) is 32.3. The second-order valence-corrected chi connectivity index (χ2v) is 40.4. The number of carbonyl (C=O) groups is 6. The van der Waals surface area contributed by atoms with Crippen LogP contribution in [-0.2, 0) is 55.5 Å². The molecule has 16 nitrogen and oxygen atoms in total. The zero-order chi connectivity index (χ0) is 76.9. The first-order chi connectivity index (χ1) is 49.4. The van der Waals surface area contributed by atoms with Crippen molar-refractivity contribution in [2.45, 2.75) is 276 Å². The average Bonchev–Trinajstić information content (AvgIpc) is 1.41. The van der Waals surface area contributed by atoms with Crippen molar-refractivity contribution < 1.29 is 61.7 Å². The van der Waals surface area contributed by atoms with Gasteiger partial charge in [-0.3, -0.25) is 28.8 Å². The highest BCUT2D eigenvalue weighted by Crippen LogP contribution is 2.79. The molecule has 1 unspecified atom stereocenters. The Morgan fingerprint density at radius 1 is 0.547 bits per heavy atom. The molecule has 0 aliphatic heterocycles. The highest BCUT2D eigenvalue weighted by Gasteiger charge is 2.74. The van der Waals surface area contributed by atoms with E-state index in [1.165, 1.54) is 18.6 Å². The molecule has 0 radical (unpaired) electrons. The lowest BCUT2D eigenvalue weighted by atomic mass is 9.33. The fourth-order valence-electron chi connectivity index (χ4n) is 26.6. The van der Waals surface area contributed by atoms with Crippen LogP contribution in [0.5, 0.6) is 0 Å². The molecule has 0 bridgehead atoms. The van der Waals surface area contributed by atoms with Gasteiger partial charge < -0.3 is 28.5 Å². The zero-order valence-corrected chi connectivity index (χ0v) is 67.6. The number of ketones is 2. The number of ether oxygens (including phenoxy) is 2. The quantitative estimate of drug-likeness (QED) is 0.0991. The molecule has 20 heteroatoms. The predicted molar refractivity (Wildman–Crippen MR) is 402 cm³/mol. The zero-order valence-electron chi connectivity index (χ0n) is 65.3. The number of halogens is 4. The molecule has 8 fully saturated rings. The number of carboxylic acids is 2. The van der Waals surface area contributed by atoms with Gasteiger partial charge in [0.1, 0.15) is 18.0 Å². The summed E-state index contributed by atoms with van der Waals surface area (Å²) in [5, 5.41) is 40.4. The van der Waals surface area contributed by atoms with Crippen molar-refractivity contribution in [2.75, 3.05) is 0 Å². The van der Waals surface area contributed by atoms with E-state index < -0.39 is 69.3 Å². The number of aliphatic carboxylic acids is 2. The number of esters is 2. The van der Waals surface area contributed by atoms with Crippen LogP contribution in [0.25, 0.3) is 22.9 Å². The van der Waals surface area contributed by atoms with E-state index in [1.54, 1.807) is 32.0 Å². The van der Waals surface area contributed by atoms with Crippen LogP contribution >= 0.6 is 34.8 Å². The summed E-state index contributed by atoms with van der Waals surface area (Å²) in [6.07, 6.45) is 11.8. The molecular weight excluding hydrogens is 1410 g/mol. The molecule has 10 aliphatic rings. The van der Waals surface area contributed by atoms with E-state index in [0.29, 0.717) is 64.9 Å². The van der Waals surface area contributed by atoms with Crippen molar-refractivity contribution in [3.8, 4) is 22.9 Å². The van der Waals surface area contributed by atoms with Crippen molar-refractivity contribution in [2.24, 2.45) is 101 Å². The standard InChI is InChI=1S/C86H110Cl3FN4O12/c1-44(2)64-54(95)40-85(35-33-81(14)48(67(64)85)21-23-58-79(12)29-27-60(103-62(97)42-75(5,6)73(99)100)76(7,8)56(79)25-31-83(58,81)16)71-93-91-69(105-71)47-37-46(53(90)38-52(47)89)39-78(11,74(101)102)43-63(98)104-61-28-30-80(13)57(77(61,9)10)26-32-84(17)59(80)24-22-49-68-65(45(3)4)55(96)41-86(68,36-34-82(49,84)15)72-94-92-70(106-72)66-50(87)19-18-20-51(66)88/h18-20,37-38,44-45,48-49,56-61H,21-36,39-43H2,1-17H3,(H,99,100)(H,101,102)/t48-,49-,56+,57+,58-,59-,60+,61+,78?,79+,80+,81-,82-,83-,84-,85-,86-/m1/s1. The first-order valence-electron chi connectivity index (χ1n) is 39.4. The van der Waals surface area contributed by atoms with Gasteiger partial charge in [-0.15, -0.1) is 20.4 Å². The molecule has 0 saturated heterocycles. The highest BCUT2D eigenvalue weighted by molar-refractivity contribution is 6.39. The molecule has 4 aromatic rings. The van der Waals surface area contributed by atoms with Crippen LogP contribution in [0.2, 0.25) is 15.1 Å².